The van der Waals surface area contributed by atoms with Crippen molar-refractivity contribution in [3.8, 4) is 0 Å². The summed E-state index contributed by atoms with van der Waals surface area (Å²) in [6, 6.07) is 15.9. The van der Waals surface area contributed by atoms with Crippen molar-refractivity contribution < 1.29 is 4.39 Å². The average Bonchev–Trinajstić information content (AvgIpc) is 2.51. The highest BCUT2D eigenvalue weighted by Gasteiger charge is 2.26. The number of hydrogen-bond donors (Lipinski definition) is 1. The van der Waals surface area contributed by atoms with E-state index in [0.29, 0.717) is 6.04 Å². The highest BCUT2D eigenvalue weighted by molar-refractivity contribution is 6.31. The number of piperazine rings is 1. The summed E-state index contributed by atoms with van der Waals surface area (Å²) < 4.78 is 13.3. The summed E-state index contributed by atoms with van der Waals surface area (Å²) in [5, 5.41) is 3.74. The molecule has 1 N–H and O–H groups in total. The highest BCUT2D eigenvalue weighted by atomic mass is 35.5. The van der Waals surface area contributed by atoms with Crippen molar-refractivity contribution in [3.63, 3.8) is 0 Å². The molecular formula is C17H18ClFN2. The first-order valence-corrected chi connectivity index (χ1v) is 7.53. The topological polar surface area (TPSA) is 15.3 Å². The Bertz CT molecular complexity index is 617. The monoisotopic (exact) mass is 304 g/mol. The molecule has 0 bridgehead atoms. The minimum atomic E-state index is -0.372. The van der Waals surface area contributed by atoms with Crippen LogP contribution in [0.4, 0.5) is 10.1 Å². The Kier molecular flexibility index (Phi) is 4.13. The van der Waals surface area contributed by atoms with E-state index < -0.39 is 0 Å². The van der Waals surface area contributed by atoms with Gasteiger partial charge in [-0.2, -0.15) is 0 Å². The summed E-state index contributed by atoms with van der Waals surface area (Å²) in [6.07, 6.45) is 0. The van der Waals surface area contributed by atoms with E-state index in [2.05, 4.69) is 29.3 Å². The number of rotatable bonds is 2. The lowest BCUT2D eigenvalue weighted by Crippen LogP contribution is -2.51. The SMILES string of the molecule is CC1CNC(c2ccccc2)CN1c1ccc(F)c(Cl)c1. The molecule has 3 rings (SSSR count). The molecule has 0 radical (unpaired) electrons. The molecule has 0 aliphatic carbocycles. The van der Waals surface area contributed by atoms with Crippen LogP contribution in [0.15, 0.2) is 48.5 Å². The zero-order chi connectivity index (χ0) is 14.8. The minimum Gasteiger partial charge on any atom is -0.366 e. The summed E-state index contributed by atoms with van der Waals surface area (Å²) >= 11 is 5.92. The molecule has 2 aromatic carbocycles. The largest absolute Gasteiger partial charge is 0.366 e. The summed E-state index contributed by atoms with van der Waals surface area (Å²) in [4.78, 5) is 2.28. The molecule has 0 amide bonds. The Morgan fingerprint density at radius 1 is 1.19 bits per heavy atom. The molecule has 4 heteroatoms. The fourth-order valence-electron chi connectivity index (χ4n) is 2.80. The van der Waals surface area contributed by atoms with Crippen molar-refractivity contribution >= 4 is 17.3 Å². The lowest BCUT2D eigenvalue weighted by molar-refractivity contribution is 0.414. The third-order valence-corrected chi connectivity index (χ3v) is 4.30. The number of hydrogen-bond acceptors (Lipinski definition) is 2. The van der Waals surface area contributed by atoms with E-state index in [1.165, 1.54) is 11.6 Å². The maximum Gasteiger partial charge on any atom is 0.141 e. The second-order valence-corrected chi connectivity index (χ2v) is 5.88. The van der Waals surface area contributed by atoms with Gasteiger partial charge in [0, 0.05) is 30.9 Å². The molecular weight excluding hydrogens is 287 g/mol. The molecule has 1 aliphatic heterocycles. The van der Waals surface area contributed by atoms with Crippen LogP contribution < -0.4 is 10.2 Å². The molecule has 1 saturated heterocycles. The third-order valence-electron chi connectivity index (χ3n) is 4.01. The third kappa shape index (κ3) is 3.04. The molecule has 1 heterocycles. The summed E-state index contributed by atoms with van der Waals surface area (Å²) in [5.41, 5.74) is 2.24. The number of benzene rings is 2. The molecule has 2 unspecified atom stereocenters. The van der Waals surface area contributed by atoms with Crippen LogP contribution in [0, 0.1) is 5.82 Å². The molecule has 0 saturated carbocycles. The van der Waals surface area contributed by atoms with Crippen LogP contribution in [-0.2, 0) is 0 Å². The second kappa shape index (κ2) is 6.04. The quantitative estimate of drug-likeness (QED) is 0.901. The van der Waals surface area contributed by atoms with Crippen LogP contribution in [0.1, 0.15) is 18.5 Å². The van der Waals surface area contributed by atoms with E-state index in [0.717, 1.165) is 18.8 Å². The highest BCUT2D eigenvalue weighted by Crippen LogP contribution is 2.28. The van der Waals surface area contributed by atoms with Gasteiger partial charge in [-0.1, -0.05) is 41.9 Å². The Morgan fingerprint density at radius 3 is 2.67 bits per heavy atom. The molecule has 1 fully saturated rings. The van der Waals surface area contributed by atoms with Gasteiger partial charge in [0.25, 0.3) is 0 Å². The van der Waals surface area contributed by atoms with Gasteiger partial charge < -0.3 is 10.2 Å². The van der Waals surface area contributed by atoms with Crippen molar-refractivity contribution in [1.29, 1.82) is 0 Å². The maximum atomic E-state index is 13.3. The van der Waals surface area contributed by atoms with E-state index in [1.54, 1.807) is 12.1 Å². The van der Waals surface area contributed by atoms with Crippen LogP contribution in [0.25, 0.3) is 0 Å². The Labute approximate surface area is 129 Å². The van der Waals surface area contributed by atoms with Gasteiger partial charge in [0.1, 0.15) is 5.82 Å². The predicted octanol–water partition coefficient (Wildman–Crippen LogP) is 4.02. The summed E-state index contributed by atoms with van der Waals surface area (Å²) in [7, 11) is 0. The Morgan fingerprint density at radius 2 is 1.95 bits per heavy atom. The lowest BCUT2D eigenvalue weighted by Gasteiger charge is -2.40. The average molecular weight is 305 g/mol. The number of halogens is 2. The van der Waals surface area contributed by atoms with Gasteiger partial charge in [-0.3, -0.25) is 0 Å². The first-order valence-electron chi connectivity index (χ1n) is 7.15. The van der Waals surface area contributed by atoms with E-state index in [1.807, 2.05) is 18.2 Å². The Balaban J connectivity index is 1.85. The first kappa shape index (κ1) is 14.4. The number of nitrogens with zero attached hydrogens (tertiary/aromatic N) is 1. The van der Waals surface area contributed by atoms with Crippen molar-refractivity contribution in [1.82, 2.24) is 5.32 Å². The minimum absolute atomic E-state index is 0.175. The molecule has 110 valence electrons. The van der Waals surface area contributed by atoms with Crippen molar-refractivity contribution in [2.45, 2.75) is 19.0 Å². The predicted molar refractivity (Wildman–Crippen MR) is 85.4 cm³/mol. The van der Waals surface area contributed by atoms with E-state index in [4.69, 9.17) is 11.6 Å². The fourth-order valence-corrected chi connectivity index (χ4v) is 2.97. The molecule has 1 aliphatic rings. The van der Waals surface area contributed by atoms with Crippen LogP contribution >= 0.6 is 11.6 Å². The normalized spacial score (nSPS) is 22.3. The zero-order valence-corrected chi connectivity index (χ0v) is 12.6. The fraction of sp³-hybridized carbons (Fsp3) is 0.294. The van der Waals surface area contributed by atoms with Crippen molar-refractivity contribution in [3.05, 3.63) is 64.9 Å². The van der Waals surface area contributed by atoms with Crippen LogP contribution in [0.3, 0.4) is 0 Å². The summed E-state index contributed by atoms with van der Waals surface area (Å²) in [6.45, 7) is 3.88. The molecule has 2 atom stereocenters. The number of anilines is 1. The van der Waals surface area contributed by atoms with Gasteiger partial charge >= 0.3 is 0 Å². The van der Waals surface area contributed by atoms with E-state index in [9.17, 15) is 4.39 Å². The zero-order valence-electron chi connectivity index (χ0n) is 11.9. The Hall–Kier alpha value is -1.58. The molecule has 2 aromatic rings. The van der Waals surface area contributed by atoms with Crippen LogP contribution in [0.5, 0.6) is 0 Å². The standard InChI is InChI=1S/C17H18ClFN2/c1-12-10-20-17(13-5-3-2-4-6-13)11-21(12)14-7-8-16(19)15(18)9-14/h2-9,12,17,20H,10-11H2,1H3. The van der Waals surface area contributed by atoms with Crippen LogP contribution in [-0.4, -0.2) is 19.1 Å². The second-order valence-electron chi connectivity index (χ2n) is 5.47. The van der Waals surface area contributed by atoms with Crippen molar-refractivity contribution in [2.24, 2.45) is 0 Å². The molecule has 21 heavy (non-hydrogen) atoms. The van der Waals surface area contributed by atoms with E-state index >= 15 is 0 Å². The molecule has 0 aromatic heterocycles. The smallest absolute Gasteiger partial charge is 0.141 e. The van der Waals surface area contributed by atoms with E-state index in [-0.39, 0.29) is 16.9 Å². The van der Waals surface area contributed by atoms with Gasteiger partial charge in [-0.15, -0.1) is 0 Å². The molecule has 0 spiro atoms. The first-order chi connectivity index (χ1) is 10.1. The summed E-state index contributed by atoms with van der Waals surface area (Å²) in [5.74, 6) is -0.372. The lowest BCUT2D eigenvalue weighted by atomic mass is 10.0. The van der Waals surface area contributed by atoms with Gasteiger partial charge in [0.15, 0.2) is 0 Å². The van der Waals surface area contributed by atoms with Gasteiger partial charge in [0.05, 0.1) is 5.02 Å². The van der Waals surface area contributed by atoms with Gasteiger partial charge in [0.2, 0.25) is 0 Å². The molecule has 2 nitrogen and oxygen atoms in total. The van der Waals surface area contributed by atoms with Crippen LogP contribution in [0.2, 0.25) is 5.02 Å². The maximum absolute atomic E-state index is 13.3. The van der Waals surface area contributed by atoms with Gasteiger partial charge in [-0.05, 0) is 30.7 Å². The van der Waals surface area contributed by atoms with Gasteiger partial charge in [-0.25, -0.2) is 4.39 Å². The van der Waals surface area contributed by atoms with Crippen molar-refractivity contribution in [2.75, 3.05) is 18.0 Å². The number of nitrogens with one attached hydrogen (secondary N) is 1.